The van der Waals surface area contributed by atoms with Gasteiger partial charge in [0.2, 0.25) is 11.9 Å². The SMILES string of the molecule is CC(=O)Nc1ccc2c(-c3nc(NC4CCCNC4)ncc3C(F)(F)F)c[nH]c2c1C(C)(C)O. The molecule has 3 heterocycles. The predicted octanol–water partition coefficient (Wildman–Crippen LogP) is 3.99. The van der Waals surface area contributed by atoms with Gasteiger partial charge in [0.05, 0.1) is 16.8 Å². The van der Waals surface area contributed by atoms with Gasteiger partial charge in [-0.15, -0.1) is 0 Å². The largest absolute Gasteiger partial charge is 0.419 e. The first-order valence-corrected chi connectivity index (χ1v) is 11.0. The first-order valence-electron chi connectivity index (χ1n) is 11.0. The second-order valence-electron chi connectivity index (χ2n) is 8.99. The van der Waals surface area contributed by atoms with Gasteiger partial charge in [0, 0.05) is 54.1 Å². The van der Waals surface area contributed by atoms with Crippen molar-refractivity contribution < 1.29 is 23.1 Å². The van der Waals surface area contributed by atoms with Gasteiger partial charge in [-0.1, -0.05) is 6.07 Å². The molecular formula is C23H27F3N6O2. The number of halogens is 3. The summed E-state index contributed by atoms with van der Waals surface area (Å²) in [5.41, 5.74) is -1.27. The van der Waals surface area contributed by atoms with Crippen LogP contribution in [-0.4, -0.2) is 45.1 Å². The first-order chi connectivity index (χ1) is 15.9. The van der Waals surface area contributed by atoms with Crippen LogP contribution in [0.1, 0.15) is 44.7 Å². The summed E-state index contributed by atoms with van der Waals surface area (Å²) in [5, 5.41) is 20.2. The molecule has 1 fully saturated rings. The summed E-state index contributed by atoms with van der Waals surface area (Å²) in [6.07, 6.45) is -0.632. The van der Waals surface area contributed by atoms with Crippen molar-refractivity contribution >= 4 is 28.4 Å². The molecule has 2 aromatic heterocycles. The maximum Gasteiger partial charge on any atom is 0.419 e. The van der Waals surface area contributed by atoms with E-state index in [1.54, 1.807) is 26.0 Å². The van der Waals surface area contributed by atoms with Gasteiger partial charge >= 0.3 is 6.18 Å². The smallest absolute Gasteiger partial charge is 0.386 e. The number of carbonyl (C=O) groups excluding carboxylic acids is 1. The summed E-state index contributed by atoms with van der Waals surface area (Å²) in [7, 11) is 0. The number of alkyl halides is 3. The fourth-order valence-electron chi connectivity index (χ4n) is 4.35. The Morgan fingerprint density at radius 1 is 1.26 bits per heavy atom. The molecule has 8 nitrogen and oxygen atoms in total. The topological polar surface area (TPSA) is 115 Å². The average molecular weight is 477 g/mol. The zero-order chi connectivity index (χ0) is 24.7. The van der Waals surface area contributed by atoms with Crippen LogP contribution >= 0.6 is 0 Å². The number of piperidine rings is 1. The summed E-state index contributed by atoms with van der Waals surface area (Å²) in [5.74, 6) is -0.219. The molecule has 1 amide bonds. The Kier molecular flexibility index (Phi) is 6.26. The van der Waals surface area contributed by atoms with Crippen molar-refractivity contribution in [1.29, 1.82) is 0 Å². The average Bonchev–Trinajstić information content (AvgIpc) is 3.16. The van der Waals surface area contributed by atoms with Gasteiger partial charge in [0.25, 0.3) is 0 Å². The van der Waals surface area contributed by atoms with E-state index in [4.69, 9.17) is 0 Å². The highest BCUT2D eigenvalue weighted by Gasteiger charge is 2.37. The number of benzene rings is 1. The third-order valence-corrected chi connectivity index (χ3v) is 5.76. The minimum Gasteiger partial charge on any atom is -0.386 e. The lowest BCUT2D eigenvalue weighted by Gasteiger charge is -2.24. The number of hydrogen-bond acceptors (Lipinski definition) is 6. The summed E-state index contributed by atoms with van der Waals surface area (Å²) < 4.78 is 41.7. The van der Waals surface area contributed by atoms with Crippen LogP contribution in [0.2, 0.25) is 0 Å². The zero-order valence-corrected chi connectivity index (χ0v) is 19.1. The molecule has 1 saturated heterocycles. The van der Waals surface area contributed by atoms with Crippen molar-refractivity contribution in [2.75, 3.05) is 23.7 Å². The second-order valence-corrected chi connectivity index (χ2v) is 8.99. The van der Waals surface area contributed by atoms with Crippen LogP contribution in [0, 0.1) is 0 Å². The van der Waals surface area contributed by atoms with E-state index in [0.29, 0.717) is 28.7 Å². The van der Waals surface area contributed by atoms with Crippen LogP contribution in [0.15, 0.2) is 24.5 Å². The predicted molar refractivity (Wildman–Crippen MR) is 123 cm³/mol. The first kappa shape index (κ1) is 24.0. The molecule has 3 aromatic rings. The van der Waals surface area contributed by atoms with Crippen molar-refractivity contribution in [3.05, 3.63) is 35.7 Å². The molecule has 5 N–H and O–H groups in total. The van der Waals surface area contributed by atoms with Crippen LogP contribution in [0.3, 0.4) is 0 Å². The van der Waals surface area contributed by atoms with Crippen LogP contribution in [-0.2, 0) is 16.6 Å². The molecule has 0 spiro atoms. The third-order valence-electron chi connectivity index (χ3n) is 5.76. The fourth-order valence-corrected chi connectivity index (χ4v) is 4.35. The lowest BCUT2D eigenvalue weighted by molar-refractivity contribution is -0.137. The van der Waals surface area contributed by atoms with Crippen LogP contribution < -0.4 is 16.0 Å². The van der Waals surface area contributed by atoms with Crippen molar-refractivity contribution in [3.8, 4) is 11.3 Å². The summed E-state index contributed by atoms with van der Waals surface area (Å²) in [4.78, 5) is 22.8. The van der Waals surface area contributed by atoms with E-state index < -0.39 is 17.3 Å². The molecule has 4 rings (SSSR count). The molecule has 0 aliphatic carbocycles. The monoisotopic (exact) mass is 476 g/mol. The standard InChI is InChI=1S/C23H27F3N6O2/c1-12(33)30-17-7-6-14-15(10-28-20(14)18(17)22(2,3)34)19-16(23(24,25)26)11-29-21(32-19)31-13-5-4-8-27-9-13/h6-7,10-11,13,27-28,34H,4-5,8-9H2,1-3H3,(H,30,33)(H,29,31,32). The van der Waals surface area contributed by atoms with E-state index in [1.807, 2.05) is 0 Å². The number of hydrogen-bond donors (Lipinski definition) is 5. The van der Waals surface area contributed by atoms with E-state index in [2.05, 4.69) is 30.9 Å². The van der Waals surface area contributed by atoms with E-state index in [0.717, 1.165) is 25.6 Å². The zero-order valence-electron chi connectivity index (χ0n) is 19.1. The number of carbonyl (C=O) groups is 1. The van der Waals surface area contributed by atoms with E-state index in [9.17, 15) is 23.1 Å². The Morgan fingerprint density at radius 3 is 2.65 bits per heavy atom. The van der Waals surface area contributed by atoms with E-state index in [1.165, 1.54) is 13.1 Å². The van der Waals surface area contributed by atoms with Gasteiger partial charge in [0.15, 0.2) is 0 Å². The summed E-state index contributed by atoms with van der Waals surface area (Å²) >= 11 is 0. The molecule has 11 heteroatoms. The van der Waals surface area contributed by atoms with E-state index in [-0.39, 0.29) is 29.2 Å². The third kappa shape index (κ3) is 4.85. The van der Waals surface area contributed by atoms with Crippen molar-refractivity contribution in [2.45, 2.75) is 51.4 Å². The summed E-state index contributed by atoms with van der Waals surface area (Å²) in [6.45, 7) is 6.00. The Balaban J connectivity index is 1.87. The van der Waals surface area contributed by atoms with Crippen molar-refractivity contribution in [1.82, 2.24) is 20.3 Å². The maximum atomic E-state index is 13.9. The molecule has 1 atom stereocenters. The maximum absolute atomic E-state index is 13.9. The lowest BCUT2D eigenvalue weighted by Crippen LogP contribution is -2.38. The Bertz CT molecular complexity index is 1210. The minimum absolute atomic E-state index is 0.0170. The fraction of sp³-hybridized carbons (Fsp3) is 0.435. The molecule has 1 aromatic carbocycles. The molecule has 0 radical (unpaired) electrons. The highest BCUT2D eigenvalue weighted by molar-refractivity contribution is 6.02. The number of amides is 1. The summed E-state index contributed by atoms with van der Waals surface area (Å²) in [6, 6.07) is 3.18. The lowest BCUT2D eigenvalue weighted by atomic mass is 9.92. The van der Waals surface area contributed by atoms with Gasteiger partial charge in [-0.05, 0) is 39.3 Å². The number of anilines is 2. The molecule has 0 bridgehead atoms. The highest BCUT2D eigenvalue weighted by atomic mass is 19.4. The number of aromatic amines is 1. The van der Waals surface area contributed by atoms with Crippen LogP contribution in [0.4, 0.5) is 24.8 Å². The molecule has 1 unspecified atom stereocenters. The highest BCUT2D eigenvalue weighted by Crippen LogP contribution is 2.42. The van der Waals surface area contributed by atoms with E-state index >= 15 is 0 Å². The normalized spacial score (nSPS) is 17.1. The van der Waals surface area contributed by atoms with Gasteiger partial charge in [-0.3, -0.25) is 4.79 Å². The number of H-pyrrole nitrogens is 1. The molecule has 0 saturated carbocycles. The van der Waals surface area contributed by atoms with Gasteiger partial charge in [-0.25, -0.2) is 9.97 Å². The van der Waals surface area contributed by atoms with Crippen LogP contribution in [0.5, 0.6) is 0 Å². The number of rotatable bonds is 5. The Labute approximate surface area is 194 Å². The molecule has 182 valence electrons. The number of aliphatic hydroxyl groups is 1. The van der Waals surface area contributed by atoms with Gasteiger partial charge < -0.3 is 26.0 Å². The molecular weight excluding hydrogens is 449 g/mol. The number of nitrogens with zero attached hydrogens (tertiary/aromatic N) is 2. The quantitative estimate of drug-likeness (QED) is 0.380. The van der Waals surface area contributed by atoms with Crippen molar-refractivity contribution in [3.63, 3.8) is 0 Å². The number of fused-ring (bicyclic) bond motifs is 1. The second kappa shape index (κ2) is 8.88. The van der Waals surface area contributed by atoms with Crippen molar-refractivity contribution in [2.24, 2.45) is 0 Å². The van der Waals surface area contributed by atoms with Gasteiger partial charge in [0.1, 0.15) is 5.56 Å². The number of nitrogens with one attached hydrogen (secondary N) is 4. The number of aromatic nitrogens is 3. The Morgan fingerprint density at radius 2 is 2.03 bits per heavy atom. The minimum atomic E-state index is -4.67. The molecule has 34 heavy (non-hydrogen) atoms. The van der Waals surface area contributed by atoms with Gasteiger partial charge in [-0.2, -0.15) is 13.2 Å². The van der Waals surface area contributed by atoms with Crippen LogP contribution in [0.25, 0.3) is 22.2 Å². The molecule has 1 aliphatic heterocycles. The molecule has 1 aliphatic rings. The Hall–Kier alpha value is -3.18.